The van der Waals surface area contributed by atoms with Gasteiger partial charge in [0.1, 0.15) is 5.75 Å². The topological polar surface area (TPSA) is 96.5 Å². The van der Waals surface area contributed by atoms with E-state index in [1.807, 2.05) is 37.3 Å². The molecule has 4 rings (SSSR count). The highest BCUT2D eigenvalue weighted by molar-refractivity contribution is 7.89. The number of H-pyrrole nitrogens is 1. The number of aromatic nitrogens is 1. The largest absolute Gasteiger partial charge is 0.497 e. The fraction of sp³-hybridized carbons (Fsp3) is 0.185. The Morgan fingerprint density at radius 2 is 1.63 bits per heavy atom. The summed E-state index contributed by atoms with van der Waals surface area (Å²) in [6, 6.07) is 20.4. The lowest BCUT2D eigenvalue weighted by Gasteiger charge is -2.23. The van der Waals surface area contributed by atoms with Crippen LogP contribution in [-0.2, 0) is 23.1 Å². The van der Waals surface area contributed by atoms with Crippen LogP contribution in [0.4, 0.5) is 0 Å². The lowest BCUT2D eigenvalue weighted by atomic mass is 10.1. The highest BCUT2D eigenvalue weighted by Gasteiger charge is 2.26. The van der Waals surface area contributed by atoms with Gasteiger partial charge in [-0.25, -0.2) is 8.42 Å². The quantitative estimate of drug-likeness (QED) is 0.369. The molecule has 0 spiro atoms. The Bertz CT molecular complexity index is 1540. The molecule has 7 nitrogen and oxygen atoms in total. The van der Waals surface area contributed by atoms with Gasteiger partial charge in [0, 0.05) is 30.3 Å². The summed E-state index contributed by atoms with van der Waals surface area (Å²) < 4.78 is 33.8. The number of carbonyl (C=O) groups is 1. The number of carbonyl (C=O) groups excluding carboxylic acids is 1. The molecule has 0 aliphatic heterocycles. The monoisotopic (exact) mass is 490 g/mol. The van der Waals surface area contributed by atoms with Crippen molar-refractivity contribution in [2.45, 2.75) is 31.8 Å². The zero-order valence-corrected chi connectivity index (χ0v) is 20.6. The molecule has 3 aromatic carbocycles. The number of methoxy groups -OCH3 is 1. The summed E-state index contributed by atoms with van der Waals surface area (Å²) in [5, 5.41) is 0.763. The van der Waals surface area contributed by atoms with Crippen LogP contribution in [0.3, 0.4) is 0 Å². The Hall–Kier alpha value is -3.75. The molecule has 0 saturated carbocycles. The van der Waals surface area contributed by atoms with E-state index in [1.54, 1.807) is 25.3 Å². The second kappa shape index (κ2) is 9.85. The number of hydrogen-bond acceptors (Lipinski definition) is 5. The maximum atomic E-state index is 13.7. The number of fused-ring (bicyclic) bond motifs is 1. The van der Waals surface area contributed by atoms with Crippen molar-refractivity contribution in [1.29, 1.82) is 0 Å². The van der Waals surface area contributed by atoms with Crippen LogP contribution in [0.2, 0.25) is 0 Å². The van der Waals surface area contributed by atoms with Crippen LogP contribution in [0.5, 0.6) is 5.75 Å². The number of hydrogen-bond donors (Lipinski definition) is 1. The zero-order valence-electron chi connectivity index (χ0n) is 19.7. The van der Waals surface area contributed by atoms with E-state index >= 15 is 0 Å². The fourth-order valence-corrected chi connectivity index (χ4v) is 5.20. The molecule has 0 amide bonds. The first kappa shape index (κ1) is 24.4. The number of ketones is 1. The molecule has 0 aliphatic rings. The molecule has 0 fully saturated rings. The number of ether oxygens (including phenoxy) is 1. The van der Waals surface area contributed by atoms with E-state index in [4.69, 9.17) is 4.74 Å². The van der Waals surface area contributed by atoms with Gasteiger partial charge < -0.3 is 9.72 Å². The molecule has 1 heterocycles. The molecule has 0 bridgehead atoms. The summed E-state index contributed by atoms with van der Waals surface area (Å²) in [5.74, 6) is 0.461. The second-order valence-corrected chi connectivity index (χ2v) is 10.4. The van der Waals surface area contributed by atoms with Crippen LogP contribution in [0, 0.1) is 6.92 Å². The SMILES string of the molecule is COc1ccc2cc(CN(Cc3ccc(C)cc3)S(=O)(=O)c3ccc(C(C)=O)cc3)c(=O)[nH]c2c1. The van der Waals surface area contributed by atoms with Crippen LogP contribution < -0.4 is 10.3 Å². The molecule has 8 heteroatoms. The number of benzene rings is 3. The Balaban J connectivity index is 1.75. The standard InChI is InChI=1S/C27H26N2O5S/c1-18-4-6-20(7-5-18)16-29(35(32,33)25-12-9-21(10-13-25)19(2)30)17-23-14-22-8-11-24(34-3)15-26(22)28-27(23)31/h4-15H,16-17H2,1-3H3,(H,28,31). The first-order chi connectivity index (χ1) is 16.7. The van der Waals surface area contributed by atoms with Crippen molar-refractivity contribution >= 4 is 26.7 Å². The molecule has 0 radical (unpaired) electrons. The lowest BCUT2D eigenvalue weighted by Crippen LogP contribution is -2.32. The molecule has 1 aromatic heterocycles. The van der Waals surface area contributed by atoms with Crippen molar-refractivity contribution in [2.24, 2.45) is 0 Å². The van der Waals surface area contributed by atoms with Gasteiger partial charge in [0.05, 0.1) is 17.5 Å². The Kier molecular flexibility index (Phi) is 6.86. The van der Waals surface area contributed by atoms with Crippen molar-refractivity contribution in [1.82, 2.24) is 9.29 Å². The number of pyridine rings is 1. The van der Waals surface area contributed by atoms with E-state index in [0.717, 1.165) is 16.5 Å². The van der Waals surface area contributed by atoms with Crippen molar-refractivity contribution in [2.75, 3.05) is 7.11 Å². The smallest absolute Gasteiger partial charge is 0.252 e. The Morgan fingerprint density at radius 3 is 2.26 bits per heavy atom. The van der Waals surface area contributed by atoms with E-state index in [0.29, 0.717) is 22.4 Å². The third-order valence-electron chi connectivity index (χ3n) is 5.85. The van der Waals surface area contributed by atoms with Crippen molar-refractivity contribution < 1.29 is 17.9 Å². The first-order valence-electron chi connectivity index (χ1n) is 11.0. The number of Topliss-reactive ketones (excluding diaryl/α,β-unsaturated/α-hetero) is 1. The van der Waals surface area contributed by atoms with Gasteiger partial charge in [0.15, 0.2) is 5.78 Å². The normalized spacial score (nSPS) is 11.7. The van der Waals surface area contributed by atoms with Gasteiger partial charge >= 0.3 is 0 Å². The Morgan fingerprint density at radius 1 is 0.943 bits per heavy atom. The molecule has 4 aromatic rings. The molecule has 35 heavy (non-hydrogen) atoms. The molecule has 0 aliphatic carbocycles. The van der Waals surface area contributed by atoms with E-state index in [2.05, 4.69) is 4.98 Å². The van der Waals surface area contributed by atoms with Gasteiger partial charge in [0.25, 0.3) is 5.56 Å². The van der Waals surface area contributed by atoms with Gasteiger partial charge in [-0.3, -0.25) is 9.59 Å². The number of nitrogens with zero attached hydrogens (tertiary/aromatic N) is 1. The van der Waals surface area contributed by atoms with Gasteiger partial charge in [-0.2, -0.15) is 4.31 Å². The molecule has 0 unspecified atom stereocenters. The van der Waals surface area contributed by atoms with Crippen molar-refractivity contribution in [3.8, 4) is 5.75 Å². The summed E-state index contributed by atoms with van der Waals surface area (Å²) in [6.45, 7) is 3.34. The summed E-state index contributed by atoms with van der Waals surface area (Å²) in [7, 11) is -2.44. The predicted octanol–water partition coefficient (Wildman–Crippen LogP) is 4.44. The fourth-order valence-electron chi connectivity index (χ4n) is 3.79. The average Bonchev–Trinajstić information content (AvgIpc) is 2.85. The summed E-state index contributed by atoms with van der Waals surface area (Å²) in [5.41, 5.74) is 2.83. The van der Waals surface area contributed by atoms with E-state index in [1.165, 1.54) is 35.5 Å². The maximum absolute atomic E-state index is 13.7. The number of rotatable bonds is 8. The van der Waals surface area contributed by atoms with Gasteiger partial charge in [-0.05, 0) is 55.1 Å². The van der Waals surface area contributed by atoms with Gasteiger partial charge in [-0.15, -0.1) is 0 Å². The number of aryl methyl sites for hydroxylation is 1. The molecular formula is C27H26N2O5S. The minimum Gasteiger partial charge on any atom is -0.497 e. The van der Waals surface area contributed by atoms with Crippen molar-refractivity contribution in [3.05, 3.63) is 105 Å². The molecule has 1 N–H and O–H groups in total. The summed E-state index contributed by atoms with van der Waals surface area (Å²) in [4.78, 5) is 27.4. The minimum atomic E-state index is -3.98. The maximum Gasteiger partial charge on any atom is 0.252 e. The van der Waals surface area contributed by atoms with E-state index < -0.39 is 10.0 Å². The molecular weight excluding hydrogens is 464 g/mol. The third-order valence-corrected chi connectivity index (χ3v) is 7.66. The van der Waals surface area contributed by atoms with Crippen LogP contribution in [-0.4, -0.2) is 30.6 Å². The lowest BCUT2D eigenvalue weighted by molar-refractivity contribution is 0.101. The van der Waals surface area contributed by atoms with E-state index in [9.17, 15) is 18.0 Å². The summed E-state index contributed by atoms with van der Waals surface area (Å²) in [6.07, 6.45) is 0. The highest BCUT2D eigenvalue weighted by Crippen LogP contribution is 2.23. The minimum absolute atomic E-state index is 0.0524. The Labute approximate surface area is 204 Å². The number of sulfonamides is 1. The second-order valence-electron chi connectivity index (χ2n) is 8.42. The molecule has 180 valence electrons. The summed E-state index contributed by atoms with van der Waals surface area (Å²) >= 11 is 0. The van der Waals surface area contributed by atoms with Crippen molar-refractivity contribution in [3.63, 3.8) is 0 Å². The number of aromatic amines is 1. The van der Waals surface area contributed by atoms with Gasteiger partial charge in [0.2, 0.25) is 10.0 Å². The van der Waals surface area contributed by atoms with Crippen LogP contribution in [0.1, 0.15) is 34.0 Å². The number of nitrogens with one attached hydrogen (secondary N) is 1. The van der Waals surface area contributed by atoms with Gasteiger partial charge in [-0.1, -0.05) is 42.0 Å². The average molecular weight is 491 g/mol. The van der Waals surface area contributed by atoms with Crippen LogP contribution >= 0.6 is 0 Å². The first-order valence-corrected chi connectivity index (χ1v) is 12.5. The third kappa shape index (κ3) is 5.34. The molecule has 0 saturated heterocycles. The zero-order chi connectivity index (χ0) is 25.2. The highest BCUT2D eigenvalue weighted by atomic mass is 32.2. The molecule has 0 atom stereocenters. The van der Waals surface area contributed by atoms with Crippen LogP contribution in [0.25, 0.3) is 10.9 Å². The predicted molar refractivity (Wildman–Crippen MR) is 135 cm³/mol. The van der Waals surface area contributed by atoms with E-state index in [-0.39, 0.29) is 29.3 Å². The van der Waals surface area contributed by atoms with Crippen LogP contribution in [0.15, 0.2) is 82.5 Å².